The Morgan fingerprint density at radius 1 is 1.08 bits per heavy atom. The summed E-state index contributed by atoms with van der Waals surface area (Å²) in [5.41, 5.74) is 4.66. The molecule has 0 saturated carbocycles. The first-order valence-electron chi connectivity index (χ1n) is 7.23. The van der Waals surface area contributed by atoms with Gasteiger partial charge in [-0.1, -0.05) is 47.0 Å². The molecule has 3 rings (SSSR count). The molecule has 0 aliphatic heterocycles. The Balaban J connectivity index is 1.82. The lowest BCUT2D eigenvalue weighted by Gasteiger charge is -2.04. The van der Waals surface area contributed by atoms with E-state index in [1.165, 1.54) is 16.9 Å². The molecule has 122 valence electrons. The minimum atomic E-state index is -0.291. The van der Waals surface area contributed by atoms with Gasteiger partial charge in [-0.3, -0.25) is 10.1 Å². The van der Waals surface area contributed by atoms with Gasteiger partial charge in [0.2, 0.25) is 0 Å². The number of aromatic nitrogens is 1. The zero-order valence-corrected chi connectivity index (χ0v) is 15.4. The lowest BCUT2D eigenvalue weighted by molar-refractivity contribution is 0.102. The third kappa shape index (κ3) is 3.78. The van der Waals surface area contributed by atoms with Crippen molar-refractivity contribution in [1.29, 1.82) is 0 Å². The van der Waals surface area contributed by atoms with Crippen LogP contribution in [0.4, 0.5) is 5.13 Å². The van der Waals surface area contributed by atoms with Crippen LogP contribution in [0, 0.1) is 13.8 Å². The van der Waals surface area contributed by atoms with Gasteiger partial charge in [-0.05, 0) is 37.6 Å². The Labute approximate surface area is 154 Å². The topological polar surface area (TPSA) is 42.0 Å². The molecule has 0 fully saturated rings. The lowest BCUT2D eigenvalue weighted by atomic mass is 10.0. The highest BCUT2D eigenvalue weighted by atomic mass is 35.5. The highest BCUT2D eigenvalue weighted by molar-refractivity contribution is 7.14. The predicted octanol–water partition coefficient (Wildman–Crippen LogP) is 5.99. The van der Waals surface area contributed by atoms with Gasteiger partial charge in [0.25, 0.3) is 5.91 Å². The molecule has 0 radical (unpaired) electrons. The fourth-order valence-corrected chi connectivity index (χ4v) is 3.64. The Kier molecular flexibility index (Phi) is 4.90. The second-order valence-corrected chi connectivity index (χ2v) is 7.20. The maximum absolute atomic E-state index is 12.3. The molecule has 24 heavy (non-hydrogen) atoms. The monoisotopic (exact) mass is 376 g/mol. The van der Waals surface area contributed by atoms with Gasteiger partial charge in [0.05, 0.1) is 5.69 Å². The molecule has 0 unspecified atom stereocenters. The van der Waals surface area contributed by atoms with E-state index < -0.39 is 0 Å². The van der Waals surface area contributed by atoms with Crippen LogP contribution in [0.2, 0.25) is 10.0 Å². The molecular weight excluding hydrogens is 363 g/mol. The van der Waals surface area contributed by atoms with Crippen LogP contribution >= 0.6 is 34.5 Å². The maximum Gasteiger partial charge on any atom is 0.257 e. The number of aryl methyl sites for hydroxylation is 2. The summed E-state index contributed by atoms with van der Waals surface area (Å²) < 4.78 is 0. The zero-order chi connectivity index (χ0) is 17.3. The number of carbonyl (C=O) groups is 1. The maximum atomic E-state index is 12.3. The number of hydrogen-bond donors (Lipinski definition) is 1. The fraction of sp³-hybridized carbons (Fsp3) is 0.111. The normalized spacial score (nSPS) is 10.7. The second kappa shape index (κ2) is 6.93. The van der Waals surface area contributed by atoms with E-state index in [0.29, 0.717) is 20.7 Å². The van der Waals surface area contributed by atoms with Gasteiger partial charge >= 0.3 is 0 Å². The number of carbonyl (C=O) groups excluding carboxylic acids is 1. The number of anilines is 1. The van der Waals surface area contributed by atoms with E-state index in [-0.39, 0.29) is 5.91 Å². The molecule has 1 aromatic heterocycles. The standard InChI is InChI=1S/C18H14Cl2N2OS/c1-10-3-4-15(11(2)5-10)16-9-24-18(21-16)22-17(23)12-6-13(19)8-14(20)7-12/h3-9H,1-2H3,(H,21,22,23). The van der Waals surface area contributed by atoms with Crippen LogP contribution in [0.1, 0.15) is 21.5 Å². The number of hydrogen-bond acceptors (Lipinski definition) is 3. The van der Waals surface area contributed by atoms with Gasteiger partial charge < -0.3 is 0 Å². The summed E-state index contributed by atoms with van der Waals surface area (Å²) in [6.07, 6.45) is 0. The molecule has 6 heteroatoms. The number of amides is 1. The average Bonchev–Trinajstić information content (AvgIpc) is 2.94. The summed E-state index contributed by atoms with van der Waals surface area (Å²) in [6, 6.07) is 10.9. The van der Waals surface area contributed by atoms with Crippen LogP contribution < -0.4 is 5.32 Å². The number of nitrogens with zero attached hydrogens (tertiary/aromatic N) is 1. The van der Waals surface area contributed by atoms with Gasteiger partial charge in [-0.25, -0.2) is 4.98 Å². The van der Waals surface area contributed by atoms with Crippen molar-refractivity contribution < 1.29 is 4.79 Å². The van der Waals surface area contributed by atoms with Crippen LogP contribution in [0.3, 0.4) is 0 Å². The summed E-state index contributed by atoms with van der Waals surface area (Å²) in [4.78, 5) is 16.8. The molecule has 0 aliphatic rings. The van der Waals surface area contributed by atoms with E-state index in [9.17, 15) is 4.79 Å². The van der Waals surface area contributed by atoms with Crippen molar-refractivity contribution in [2.45, 2.75) is 13.8 Å². The SMILES string of the molecule is Cc1ccc(-c2csc(NC(=O)c3cc(Cl)cc(Cl)c3)n2)c(C)c1. The van der Waals surface area contributed by atoms with Gasteiger partial charge in [0.15, 0.2) is 5.13 Å². The highest BCUT2D eigenvalue weighted by Crippen LogP contribution is 2.28. The molecule has 1 amide bonds. The van der Waals surface area contributed by atoms with E-state index in [4.69, 9.17) is 23.2 Å². The molecule has 0 atom stereocenters. The third-order valence-electron chi connectivity index (χ3n) is 3.51. The lowest BCUT2D eigenvalue weighted by Crippen LogP contribution is -2.11. The highest BCUT2D eigenvalue weighted by Gasteiger charge is 2.12. The van der Waals surface area contributed by atoms with Crippen LogP contribution in [-0.4, -0.2) is 10.9 Å². The van der Waals surface area contributed by atoms with Crippen LogP contribution in [0.15, 0.2) is 41.8 Å². The first-order chi connectivity index (χ1) is 11.4. The second-order valence-electron chi connectivity index (χ2n) is 5.47. The van der Waals surface area contributed by atoms with Gasteiger partial charge in [-0.2, -0.15) is 0 Å². The molecular formula is C18H14Cl2N2OS. The number of nitrogens with one attached hydrogen (secondary N) is 1. The summed E-state index contributed by atoms with van der Waals surface area (Å²) >= 11 is 13.2. The van der Waals surface area contributed by atoms with Crippen molar-refractivity contribution in [3.8, 4) is 11.3 Å². The quantitative estimate of drug-likeness (QED) is 0.610. The van der Waals surface area contributed by atoms with Crippen molar-refractivity contribution in [3.05, 3.63) is 68.5 Å². The van der Waals surface area contributed by atoms with Crippen LogP contribution in [0.25, 0.3) is 11.3 Å². The van der Waals surface area contributed by atoms with E-state index in [1.54, 1.807) is 18.2 Å². The molecule has 0 saturated heterocycles. The summed E-state index contributed by atoms with van der Waals surface area (Å²) in [6.45, 7) is 4.10. The van der Waals surface area contributed by atoms with Crippen molar-refractivity contribution in [1.82, 2.24) is 4.98 Å². The Bertz CT molecular complexity index is 901. The minimum Gasteiger partial charge on any atom is -0.298 e. The molecule has 3 nitrogen and oxygen atoms in total. The molecule has 0 bridgehead atoms. The van der Waals surface area contributed by atoms with E-state index in [2.05, 4.69) is 23.3 Å². The first-order valence-corrected chi connectivity index (χ1v) is 8.86. The van der Waals surface area contributed by atoms with Gasteiger partial charge in [-0.15, -0.1) is 11.3 Å². The summed E-state index contributed by atoms with van der Waals surface area (Å²) in [5.74, 6) is -0.291. The minimum absolute atomic E-state index is 0.291. The summed E-state index contributed by atoms with van der Waals surface area (Å²) in [5, 5.41) is 6.09. The van der Waals surface area contributed by atoms with Crippen molar-refractivity contribution in [2.24, 2.45) is 0 Å². The smallest absolute Gasteiger partial charge is 0.257 e. The molecule has 1 heterocycles. The molecule has 0 aliphatic carbocycles. The Hall–Kier alpha value is -1.88. The molecule has 3 aromatic rings. The predicted molar refractivity (Wildman–Crippen MR) is 101 cm³/mol. The largest absolute Gasteiger partial charge is 0.298 e. The van der Waals surface area contributed by atoms with Gasteiger partial charge in [0.1, 0.15) is 0 Å². The average molecular weight is 377 g/mol. The van der Waals surface area contributed by atoms with E-state index in [0.717, 1.165) is 16.8 Å². The number of rotatable bonds is 3. The fourth-order valence-electron chi connectivity index (χ4n) is 2.41. The Morgan fingerprint density at radius 3 is 2.46 bits per heavy atom. The zero-order valence-electron chi connectivity index (χ0n) is 13.1. The number of thiazole rings is 1. The number of halogens is 2. The van der Waals surface area contributed by atoms with Crippen LogP contribution in [-0.2, 0) is 0 Å². The van der Waals surface area contributed by atoms with Gasteiger partial charge in [0, 0.05) is 26.6 Å². The van der Waals surface area contributed by atoms with Crippen molar-refractivity contribution in [2.75, 3.05) is 5.32 Å². The molecule has 0 spiro atoms. The first kappa shape index (κ1) is 17.0. The van der Waals surface area contributed by atoms with Crippen molar-refractivity contribution in [3.63, 3.8) is 0 Å². The number of benzene rings is 2. The third-order valence-corrected chi connectivity index (χ3v) is 4.70. The van der Waals surface area contributed by atoms with Crippen LogP contribution in [0.5, 0.6) is 0 Å². The molecule has 1 N–H and O–H groups in total. The summed E-state index contributed by atoms with van der Waals surface area (Å²) in [7, 11) is 0. The Morgan fingerprint density at radius 2 is 1.79 bits per heavy atom. The van der Waals surface area contributed by atoms with Crippen molar-refractivity contribution >= 4 is 45.6 Å². The molecule has 2 aromatic carbocycles. The van der Waals surface area contributed by atoms with E-state index in [1.807, 2.05) is 24.4 Å². The van der Waals surface area contributed by atoms with E-state index >= 15 is 0 Å².